The predicted octanol–water partition coefficient (Wildman–Crippen LogP) is 3.09. The average molecular weight is 392 g/mol. The highest BCUT2D eigenvalue weighted by Crippen LogP contribution is 2.37. The minimum absolute atomic E-state index is 0.00954. The minimum Gasteiger partial charge on any atom is -0.497 e. The van der Waals surface area contributed by atoms with Crippen LogP contribution in [0.25, 0.3) is 0 Å². The third-order valence-electron chi connectivity index (χ3n) is 6.66. The van der Waals surface area contributed by atoms with E-state index in [1.807, 2.05) is 12.1 Å². The van der Waals surface area contributed by atoms with E-state index in [0.717, 1.165) is 38.3 Å². The Bertz CT molecular complexity index is 878. The lowest BCUT2D eigenvalue weighted by Gasteiger charge is -2.49. The lowest BCUT2D eigenvalue weighted by molar-refractivity contribution is -0.125. The van der Waals surface area contributed by atoms with E-state index < -0.39 is 0 Å². The molecular weight excluding hydrogens is 362 g/mol. The topological polar surface area (TPSA) is 44.8 Å². The Morgan fingerprint density at radius 2 is 1.90 bits per heavy atom. The summed E-state index contributed by atoms with van der Waals surface area (Å²) in [6.07, 6.45) is 3.34. The second kappa shape index (κ2) is 7.62. The Balaban J connectivity index is 1.39. The van der Waals surface area contributed by atoms with E-state index in [-0.39, 0.29) is 17.9 Å². The normalized spacial score (nSPS) is 23.2. The van der Waals surface area contributed by atoms with Crippen molar-refractivity contribution in [2.75, 3.05) is 43.1 Å². The molecule has 2 atom stereocenters. The van der Waals surface area contributed by atoms with Gasteiger partial charge in [-0.15, -0.1) is 0 Å². The molecule has 1 saturated carbocycles. The molecule has 5 rings (SSSR count). The van der Waals surface area contributed by atoms with Gasteiger partial charge in [0.2, 0.25) is 5.91 Å². The quantitative estimate of drug-likeness (QED) is 0.851. The fourth-order valence-electron chi connectivity index (χ4n) is 4.78. The molecule has 5 nitrogen and oxygen atoms in total. The van der Waals surface area contributed by atoms with Gasteiger partial charge in [-0.1, -0.05) is 18.2 Å². The van der Waals surface area contributed by atoms with Crippen LogP contribution in [0.3, 0.4) is 0 Å². The summed E-state index contributed by atoms with van der Waals surface area (Å²) in [4.78, 5) is 18.0. The molecule has 2 aromatic carbocycles. The van der Waals surface area contributed by atoms with Gasteiger partial charge < -0.3 is 19.9 Å². The second-order valence-electron chi connectivity index (χ2n) is 8.53. The monoisotopic (exact) mass is 391 g/mol. The average Bonchev–Trinajstić information content (AvgIpc) is 3.61. The van der Waals surface area contributed by atoms with Crippen LogP contribution in [-0.4, -0.2) is 45.2 Å². The van der Waals surface area contributed by atoms with Gasteiger partial charge in [-0.2, -0.15) is 0 Å². The summed E-state index contributed by atoms with van der Waals surface area (Å²) < 4.78 is 5.30. The van der Waals surface area contributed by atoms with Crippen molar-refractivity contribution in [1.82, 2.24) is 5.32 Å². The molecule has 2 heterocycles. The molecule has 1 aliphatic carbocycles. The zero-order valence-electron chi connectivity index (χ0n) is 17.0. The number of para-hydroxylation sites is 1. The van der Waals surface area contributed by atoms with E-state index in [1.54, 1.807) is 7.11 Å². The lowest BCUT2D eigenvalue weighted by Crippen LogP contribution is -2.61. The number of methoxy groups -OCH3 is 1. The van der Waals surface area contributed by atoms with Gasteiger partial charge in [-0.25, -0.2) is 0 Å². The smallest absolute Gasteiger partial charge is 0.225 e. The fraction of sp³-hybridized carbons (Fsp3) is 0.458. The van der Waals surface area contributed by atoms with Crippen LogP contribution in [0.1, 0.15) is 18.4 Å². The van der Waals surface area contributed by atoms with Crippen molar-refractivity contribution in [3.8, 4) is 5.75 Å². The maximum atomic E-state index is 13.1. The second-order valence-corrected chi connectivity index (χ2v) is 8.53. The van der Waals surface area contributed by atoms with Gasteiger partial charge in [-0.05, 0) is 61.1 Å². The van der Waals surface area contributed by atoms with E-state index in [1.165, 1.54) is 29.8 Å². The molecule has 2 fully saturated rings. The molecule has 1 saturated heterocycles. The summed E-state index contributed by atoms with van der Waals surface area (Å²) >= 11 is 0. The molecule has 2 aliphatic heterocycles. The van der Waals surface area contributed by atoms with Crippen LogP contribution >= 0.6 is 0 Å². The van der Waals surface area contributed by atoms with Gasteiger partial charge >= 0.3 is 0 Å². The number of piperazine rings is 1. The Kier molecular flexibility index (Phi) is 4.82. The SMILES string of the molecule is COc1ccc(N2CCN3c4ccccc4C[C@H](C(=O)NCC4CC4)[C@H]3C2)cc1. The van der Waals surface area contributed by atoms with Crippen LogP contribution < -0.4 is 19.9 Å². The van der Waals surface area contributed by atoms with Crippen molar-refractivity contribution in [2.45, 2.75) is 25.3 Å². The highest BCUT2D eigenvalue weighted by Gasteiger charge is 2.41. The Hall–Kier alpha value is -2.69. The highest BCUT2D eigenvalue weighted by molar-refractivity contribution is 5.82. The molecule has 0 unspecified atom stereocenters. The Morgan fingerprint density at radius 3 is 2.66 bits per heavy atom. The molecule has 0 bridgehead atoms. The van der Waals surface area contributed by atoms with Gasteiger partial charge in [-0.3, -0.25) is 4.79 Å². The Morgan fingerprint density at radius 1 is 1.10 bits per heavy atom. The summed E-state index contributed by atoms with van der Waals surface area (Å²) in [5, 5.41) is 3.25. The third kappa shape index (κ3) is 3.66. The maximum absolute atomic E-state index is 13.1. The molecule has 0 aromatic heterocycles. The molecule has 0 radical (unpaired) electrons. The zero-order chi connectivity index (χ0) is 19.8. The van der Waals surface area contributed by atoms with E-state index in [4.69, 9.17) is 4.74 Å². The number of anilines is 2. The molecular formula is C24H29N3O2. The van der Waals surface area contributed by atoms with Gasteiger partial charge in [0.1, 0.15) is 5.75 Å². The first kappa shape index (κ1) is 18.3. The molecule has 29 heavy (non-hydrogen) atoms. The van der Waals surface area contributed by atoms with E-state index in [2.05, 4.69) is 51.5 Å². The van der Waals surface area contributed by atoms with Crippen LogP contribution in [0.2, 0.25) is 0 Å². The Labute approximate surface area is 172 Å². The number of benzene rings is 2. The first-order valence-corrected chi connectivity index (χ1v) is 10.7. The van der Waals surface area contributed by atoms with Crippen molar-refractivity contribution in [2.24, 2.45) is 11.8 Å². The molecule has 2 aromatic rings. The fourth-order valence-corrected chi connectivity index (χ4v) is 4.78. The van der Waals surface area contributed by atoms with Gasteiger partial charge in [0, 0.05) is 37.6 Å². The molecule has 152 valence electrons. The molecule has 1 N–H and O–H groups in total. The first-order chi connectivity index (χ1) is 14.2. The highest BCUT2D eigenvalue weighted by atomic mass is 16.5. The van der Waals surface area contributed by atoms with Crippen molar-refractivity contribution < 1.29 is 9.53 Å². The van der Waals surface area contributed by atoms with E-state index in [9.17, 15) is 4.79 Å². The molecule has 1 amide bonds. The van der Waals surface area contributed by atoms with Crippen LogP contribution in [-0.2, 0) is 11.2 Å². The van der Waals surface area contributed by atoms with Crippen molar-refractivity contribution in [3.05, 3.63) is 54.1 Å². The lowest BCUT2D eigenvalue weighted by atomic mass is 9.83. The van der Waals surface area contributed by atoms with E-state index in [0.29, 0.717) is 5.92 Å². The molecule has 3 aliphatic rings. The molecule has 0 spiro atoms. The maximum Gasteiger partial charge on any atom is 0.225 e. The molecule has 5 heteroatoms. The summed E-state index contributed by atoms with van der Waals surface area (Å²) in [5.41, 5.74) is 3.80. The number of fused-ring (bicyclic) bond motifs is 3. The van der Waals surface area contributed by atoms with Gasteiger partial charge in [0.15, 0.2) is 0 Å². The summed E-state index contributed by atoms with van der Waals surface area (Å²) in [6.45, 7) is 3.59. The van der Waals surface area contributed by atoms with Crippen molar-refractivity contribution in [3.63, 3.8) is 0 Å². The number of hydrogen-bond donors (Lipinski definition) is 1. The number of amides is 1. The number of hydrogen-bond acceptors (Lipinski definition) is 4. The summed E-state index contributed by atoms with van der Waals surface area (Å²) in [5.74, 6) is 1.78. The standard InChI is InChI=1S/C24H29N3O2/c1-29-20-10-8-19(9-11-20)26-12-13-27-22-5-3-2-4-18(22)14-21(23(27)16-26)24(28)25-15-17-6-7-17/h2-5,8-11,17,21,23H,6-7,12-16H2,1H3,(H,25,28)/t21-,23+/m0/s1. The van der Waals surface area contributed by atoms with E-state index >= 15 is 0 Å². The largest absolute Gasteiger partial charge is 0.497 e. The zero-order valence-corrected chi connectivity index (χ0v) is 17.0. The summed E-state index contributed by atoms with van der Waals surface area (Å²) in [7, 11) is 1.69. The third-order valence-corrected chi connectivity index (χ3v) is 6.66. The van der Waals surface area contributed by atoms with Gasteiger partial charge in [0.05, 0.1) is 19.1 Å². The summed E-state index contributed by atoms with van der Waals surface area (Å²) in [6, 6.07) is 17.0. The van der Waals surface area contributed by atoms with Crippen LogP contribution in [0.4, 0.5) is 11.4 Å². The van der Waals surface area contributed by atoms with Gasteiger partial charge in [0.25, 0.3) is 0 Å². The number of nitrogens with zero attached hydrogens (tertiary/aromatic N) is 2. The van der Waals surface area contributed by atoms with Crippen LogP contribution in [0.15, 0.2) is 48.5 Å². The number of ether oxygens (including phenoxy) is 1. The predicted molar refractivity (Wildman–Crippen MR) is 116 cm³/mol. The number of carbonyl (C=O) groups excluding carboxylic acids is 1. The van der Waals surface area contributed by atoms with Crippen molar-refractivity contribution in [1.29, 1.82) is 0 Å². The van der Waals surface area contributed by atoms with Crippen molar-refractivity contribution >= 4 is 17.3 Å². The number of rotatable bonds is 5. The number of carbonyl (C=O) groups is 1. The van der Waals surface area contributed by atoms with Crippen LogP contribution in [0, 0.1) is 11.8 Å². The van der Waals surface area contributed by atoms with Crippen LogP contribution in [0.5, 0.6) is 5.75 Å². The number of nitrogens with one attached hydrogen (secondary N) is 1. The minimum atomic E-state index is -0.00954. The first-order valence-electron chi connectivity index (χ1n) is 10.7.